The summed E-state index contributed by atoms with van der Waals surface area (Å²) in [5.41, 5.74) is 0. The van der Waals surface area contributed by atoms with Crippen LogP contribution in [0.4, 0.5) is 0 Å². The Hall–Kier alpha value is -1.40. The van der Waals surface area contributed by atoms with Crippen LogP contribution >= 0.6 is 11.3 Å². The van der Waals surface area contributed by atoms with Crippen LogP contribution in [-0.4, -0.2) is 49.7 Å². The van der Waals surface area contributed by atoms with Crippen LogP contribution in [0.1, 0.15) is 27.9 Å². The van der Waals surface area contributed by atoms with Gasteiger partial charge in [0, 0.05) is 18.0 Å². The third-order valence-electron chi connectivity index (χ3n) is 3.27. The van der Waals surface area contributed by atoms with Crippen LogP contribution < -0.4 is 0 Å². The highest BCUT2D eigenvalue weighted by Crippen LogP contribution is 2.20. The summed E-state index contributed by atoms with van der Waals surface area (Å²) in [4.78, 5) is 27.4. The first-order valence-electron chi connectivity index (χ1n) is 6.70. The molecule has 0 aliphatic carbocycles. The van der Waals surface area contributed by atoms with Gasteiger partial charge in [-0.1, -0.05) is 6.92 Å². The van der Waals surface area contributed by atoms with Crippen molar-refractivity contribution in [1.29, 1.82) is 0 Å². The average Bonchev–Trinajstić information content (AvgIpc) is 2.95. The lowest BCUT2D eigenvalue weighted by atomic mass is 10.2. The highest BCUT2D eigenvalue weighted by molar-refractivity contribution is 7.14. The van der Waals surface area contributed by atoms with Gasteiger partial charge >= 0.3 is 5.97 Å². The smallest absolute Gasteiger partial charge is 0.308 e. The minimum Gasteiger partial charge on any atom is -0.469 e. The molecule has 6 heteroatoms. The van der Waals surface area contributed by atoms with Crippen LogP contribution in [0.25, 0.3) is 0 Å². The van der Waals surface area contributed by atoms with Gasteiger partial charge in [-0.25, -0.2) is 0 Å². The lowest BCUT2D eigenvalue weighted by molar-refractivity contribution is -0.145. The van der Waals surface area contributed by atoms with E-state index in [1.54, 1.807) is 4.90 Å². The number of hydrogen-bond acceptors (Lipinski definition) is 5. The number of carbonyl (C=O) groups excluding carboxylic acids is 2. The molecule has 1 unspecified atom stereocenters. The van der Waals surface area contributed by atoms with Gasteiger partial charge in [0.25, 0.3) is 5.91 Å². The summed E-state index contributed by atoms with van der Waals surface area (Å²) < 4.78 is 10.1. The molecule has 1 aromatic rings. The molecule has 2 rings (SSSR count). The number of ether oxygens (including phenoxy) is 2. The molecule has 1 fully saturated rings. The predicted molar refractivity (Wildman–Crippen MR) is 76.0 cm³/mol. The molecule has 1 atom stereocenters. The van der Waals surface area contributed by atoms with E-state index < -0.39 is 0 Å². The van der Waals surface area contributed by atoms with Crippen LogP contribution in [0.3, 0.4) is 0 Å². The summed E-state index contributed by atoms with van der Waals surface area (Å²) in [6.07, 6.45) is 0.850. The molecule has 0 spiro atoms. The topological polar surface area (TPSA) is 55.8 Å². The molecule has 0 N–H and O–H groups in total. The van der Waals surface area contributed by atoms with Crippen molar-refractivity contribution in [2.24, 2.45) is 0 Å². The second-order valence-corrected chi connectivity index (χ2v) is 5.81. The fourth-order valence-corrected chi connectivity index (χ4v) is 3.05. The SMILES string of the molecule is CCc1ccc(C(=O)N2CCOC(CC(=O)OC)C2)s1. The fourth-order valence-electron chi connectivity index (χ4n) is 2.14. The second kappa shape index (κ2) is 6.85. The van der Waals surface area contributed by atoms with Gasteiger partial charge in [-0.3, -0.25) is 9.59 Å². The molecular formula is C14H19NO4S. The Morgan fingerprint density at radius 1 is 1.50 bits per heavy atom. The van der Waals surface area contributed by atoms with Gasteiger partial charge in [-0.05, 0) is 18.6 Å². The van der Waals surface area contributed by atoms with Crippen LogP contribution in [0, 0.1) is 0 Å². The monoisotopic (exact) mass is 297 g/mol. The number of methoxy groups -OCH3 is 1. The number of hydrogen-bond donors (Lipinski definition) is 0. The largest absolute Gasteiger partial charge is 0.469 e. The highest BCUT2D eigenvalue weighted by atomic mass is 32.1. The quantitative estimate of drug-likeness (QED) is 0.794. The maximum absolute atomic E-state index is 12.4. The molecule has 1 aliphatic heterocycles. The molecule has 2 heterocycles. The van der Waals surface area contributed by atoms with Gasteiger partial charge in [0.15, 0.2) is 0 Å². The Morgan fingerprint density at radius 2 is 2.30 bits per heavy atom. The van der Waals surface area contributed by atoms with E-state index in [0.29, 0.717) is 19.7 Å². The Bertz CT molecular complexity index is 485. The molecule has 0 aromatic carbocycles. The molecule has 1 amide bonds. The van der Waals surface area contributed by atoms with Crippen molar-refractivity contribution in [2.75, 3.05) is 26.8 Å². The van der Waals surface area contributed by atoms with Gasteiger partial charge in [0.2, 0.25) is 0 Å². The van der Waals surface area contributed by atoms with Crippen molar-refractivity contribution in [3.8, 4) is 0 Å². The van der Waals surface area contributed by atoms with Crippen molar-refractivity contribution >= 4 is 23.2 Å². The summed E-state index contributed by atoms with van der Waals surface area (Å²) in [5.74, 6) is -0.290. The average molecular weight is 297 g/mol. The van der Waals surface area contributed by atoms with Crippen LogP contribution in [0.5, 0.6) is 0 Å². The van der Waals surface area contributed by atoms with Gasteiger partial charge in [0.1, 0.15) is 0 Å². The zero-order valence-corrected chi connectivity index (χ0v) is 12.6. The molecule has 5 nitrogen and oxygen atoms in total. The first-order valence-corrected chi connectivity index (χ1v) is 7.52. The fraction of sp³-hybridized carbons (Fsp3) is 0.571. The van der Waals surface area contributed by atoms with E-state index in [1.165, 1.54) is 23.3 Å². The number of amides is 1. The van der Waals surface area contributed by atoms with E-state index in [9.17, 15) is 9.59 Å². The van der Waals surface area contributed by atoms with Crippen LogP contribution in [0.15, 0.2) is 12.1 Å². The Kier molecular flexibility index (Phi) is 5.14. The van der Waals surface area contributed by atoms with Gasteiger partial charge < -0.3 is 14.4 Å². The minimum atomic E-state index is -0.311. The van der Waals surface area contributed by atoms with Crippen molar-refractivity contribution < 1.29 is 19.1 Å². The molecule has 0 radical (unpaired) electrons. The third kappa shape index (κ3) is 3.58. The number of rotatable bonds is 4. The predicted octanol–water partition coefficient (Wildman–Crippen LogP) is 1.71. The van der Waals surface area contributed by atoms with Crippen molar-refractivity contribution in [2.45, 2.75) is 25.9 Å². The lowest BCUT2D eigenvalue weighted by Crippen LogP contribution is -2.46. The van der Waals surface area contributed by atoms with Crippen molar-refractivity contribution in [3.63, 3.8) is 0 Å². The zero-order chi connectivity index (χ0) is 14.5. The summed E-state index contributed by atoms with van der Waals surface area (Å²) >= 11 is 1.53. The summed E-state index contributed by atoms with van der Waals surface area (Å²) in [5, 5.41) is 0. The Morgan fingerprint density at radius 3 is 2.95 bits per heavy atom. The van der Waals surface area contributed by atoms with Crippen molar-refractivity contribution in [1.82, 2.24) is 4.90 Å². The first kappa shape index (κ1) is 15.0. The molecule has 20 heavy (non-hydrogen) atoms. The van der Waals surface area contributed by atoms with E-state index in [4.69, 9.17) is 4.74 Å². The standard InChI is InChI=1S/C14H19NO4S/c1-3-11-4-5-12(20-11)14(17)15-6-7-19-10(9-15)8-13(16)18-2/h4-5,10H,3,6-9H2,1-2H3. The Balaban J connectivity index is 1.97. The number of morpholine rings is 1. The van der Waals surface area contributed by atoms with Gasteiger partial charge in [-0.2, -0.15) is 0 Å². The molecule has 110 valence electrons. The van der Waals surface area contributed by atoms with E-state index >= 15 is 0 Å². The molecule has 0 saturated carbocycles. The number of aryl methyl sites for hydroxylation is 1. The summed E-state index contributed by atoms with van der Waals surface area (Å²) in [6.45, 7) is 3.53. The summed E-state index contributed by atoms with van der Waals surface area (Å²) in [6, 6.07) is 3.86. The van der Waals surface area contributed by atoms with Crippen LogP contribution in [-0.2, 0) is 20.7 Å². The molecule has 0 bridgehead atoms. The van der Waals surface area contributed by atoms with E-state index in [1.807, 2.05) is 12.1 Å². The number of carbonyl (C=O) groups is 2. The van der Waals surface area contributed by atoms with Crippen molar-refractivity contribution in [3.05, 3.63) is 21.9 Å². The molecule has 1 aromatic heterocycles. The third-order valence-corrected chi connectivity index (χ3v) is 4.49. The van der Waals surface area contributed by atoms with E-state index in [-0.39, 0.29) is 24.4 Å². The normalized spacial score (nSPS) is 18.9. The maximum Gasteiger partial charge on any atom is 0.308 e. The second-order valence-electron chi connectivity index (χ2n) is 4.64. The van der Waals surface area contributed by atoms with Gasteiger partial charge in [0.05, 0.1) is 31.1 Å². The minimum absolute atomic E-state index is 0.0212. The molecular weight excluding hydrogens is 278 g/mol. The van der Waals surface area contributed by atoms with Crippen LogP contribution in [0.2, 0.25) is 0 Å². The number of esters is 1. The lowest BCUT2D eigenvalue weighted by Gasteiger charge is -2.32. The molecule has 1 aliphatic rings. The van der Waals surface area contributed by atoms with Gasteiger partial charge in [-0.15, -0.1) is 11.3 Å². The zero-order valence-electron chi connectivity index (χ0n) is 11.8. The first-order chi connectivity index (χ1) is 9.63. The van der Waals surface area contributed by atoms with E-state index in [0.717, 1.165) is 11.3 Å². The maximum atomic E-state index is 12.4. The van der Waals surface area contributed by atoms with E-state index in [2.05, 4.69) is 11.7 Å². The summed E-state index contributed by atoms with van der Waals surface area (Å²) in [7, 11) is 1.35. The highest BCUT2D eigenvalue weighted by Gasteiger charge is 2.27. The number of nitrogens with zero attached hydrogens (tertiary/aromatic N) is 1. The Labute approximate surface area is 122 Å². The molecule has 1 saturated heterocycles. The number of thiophene rings is 1.